The van der Waals surface area contributed by atoms with E-state index in [1.165, 1.54) is 34.1 Å². The topological polar surface area (TPSA) is 139 Å². The van der Waals surface area contributed by atoms with E-state index < -0.39 is 35.2 Å². The van der Waals surface area contributed by atoms with Gasteiger partial charge in [-0.3, -0.25) is 14.4 Å². The molecule has 0 spiro atoms. The van der Waals surface area contributed by atoms with E-state index in [9.17, 15) is 29.4 Å². The lowest BCUT2D eigenvalue weighted by Gasteiger charge is -2.22. The smallest absolute Gasteiger partial charge is 0.327 e. The van der Waals surface area contributed by atoms with Crippen LogP contribution in [0.4, 0.5) is 0 Å². The number of fused-ring (bicyclic) bond motifs is 1. The zero-order valence-corrected chi connectivity index (χ0v) is 17.1. The summed E-state index contributed by atoms with van der Waals surface area (Å²) >= 11 is 1.12. The molecule has 1 aromatic carbocycles. The van der Waals surface area contributed by atoms with Gasteiger partial charge in [-0.2, -0.15) is 11.8 Å². The van der Waals surface area contributed by atoms with Gasteiger partial charge in [-0.15, -0.1) is 0 Å². The van der Waals surface area contributed by atoms with Gasteiger partial charge in [0.25, 0.3) is 0 Å². The van der Waals surface area contributed by atoms with E-state index in [1.54, 1.807) is 0 Å². The van der Waals surface area contributed by atoms with Gasteiger partial charge >= 0.3 is 5.97 Å². The van der Waals surface area contributed by atoms with Gasteiger partial charge in [-0.05, 0) is 13.0 Å². The number of nitrogens with one attached hydrogen (secondary N) is 1. The van der Waals surface area contributed by atoms with Gasteiger partial charge in [0.2, 0.25) is 11.7 Å². The van der Waals surface area contributed by atoms with E-state index in [0.29, 0.717) is 0 Å². The van der Waals surface area contributed by atoms with E-state index in [0.717, 1.165) is 11.8 Å². The number of carbonyl (C=O) groups excluding carboxylic acids is 3. The second-order valence-electron chi connectivity index (χ2n) is 6.25. The number of ether oxygens (including phenoxy) is 2. The van der Waals surface area contributed by atoms with Crippen LogP contribution in [0, 0.1) is 0 Å². The quantitative estimate of drug-likeness (QED) is 0.568. The Kier molecular flexibility index (Phi) is 6.91. The number of ketones is 2. The normalized spacial score (nSPS) is 14.3. The minimum Gasteiger partial charge on any atom is -0.507 e. The minimum atomic E-state index is -1.19. The molecule has 0 bridgehead atoms. The fourth-order valence-corrected chi connectivity index (χ4v) is 4.01. The lowest BCUT2D eigenvalue weighted by molar-refractivity contribution is -0.140. The molecule has 0 saturated carbocycles. The number of hydrogen-bond donors (Lipinski definition) is 3. The summed E-state index contributed by atoms with van der Waals surface area (Å²) in [6, 6.07) is 0.250. The zero-order valence-electron chi connectivity index (χ0n) is 16.3. The first-order chi connectivity index (χ1) is 13.6. The van der Waals surface area contributed by atoms with Crippen LogP contribution < -0.4 is 10.1 Å². The summed E-state index contributed by atoms with van der Waals surface area (Å²) in [7, 11) is 2.63. The molecule has 1 aliphatic rings. The first-order valence-electron chi connectivity index (χ1n) is 8.48. The van der Waals surface area contributed by atoms with Crippen LogP contribution in [0.5, 0.6) is 11.5 Å². The summed E-state index contributed by atoms with van der Waals surface area (Å²) in [5, 5.41) is 22.2. The number of rotatable bonds is 8. The number of phenolic OH excluding ortho intramolecular Hbond substituents is 1. The Balaban J connectivity index is 2.37. The number of aromatic hydroxyl groups is 1. The van der Waals surface area contributed by atoms with Crippen molar-refractivity contribution in [2.45, 2.75) is 25.6 Å². The number of phenols is 1. The Bertz CT molecular complexity index is 921. The molecule has 0 saturated heterocycles. The summed E-state index contributed by atoms with van der Waals surface area (Å²) in [6.07, 6.45) is 0. The number of carboxylic acid groups (broad SMARTS) is 1. The van der Waals surface area contributed by atoms with Crippen LogP contribution in [0.3, 0.4) is 0 Å². The first-order valence-corrected chi connectivity index (χ1v) is 9.64. The molecule has 0 fully saturated rings. The van der Waals surface area contributed by atoms with Crippen LogP contribution in [0.1, 0.15) is 40.1 Å². The molecule has 0 aliphatic heterocycles. The minimum absolute atomic E-state index is 0.0220. The van der Waals surface area contributed by atoms with Gasteiger partial charge in [-0.25, -0.2) is 4.79 Å². The van der Waals surface area contributed by atoms with Crippen molar-refractivity contribution in [2.75, 3.05) is 20.0 Å². The van der Waals surface area contributed by atoms with E-state index >= 15 is 0 Å². The number of amides is 1. The van der Waals surface area contributed by atoms with E-state index in [2.05, 4.69) is 5.32 Å². The van der Waals surface area contributed by atoms with Crippen molar-refractivity contribution in [1.82, 2.24) is 5.32 Å². The molecule has 2 rings (SSSR count). The van der Waals surface area contributed by atoms with Crippen LogP contribution in [-0.2, 0) is 20.1 Å². The van der Waals surface area contributed by atoms with Crippen LogP contribution in [0.2, 0.25) is 0 Å². The van der Waals surface area contributed by atoms with Crippen molar-refractivity contribution in [3.63, 3.8) is 0 Å². The average molecular weight is 423 g/mol. The fraction of sp³-hybridized carbons (Fsp3) is 0.368. The van der Waals surface area contributed by atoms with Gasteiger partial charge < -0.3 is 25.0 Å². The largest absolute Gasteiger partial charge is 0.507 e. The number of benzene rings is 1. The molecule has 1 atom stereocenters. The Morgan fingerprint density at radius 2 is 1.86 bits per heavy atom. The number of hydrogen-bond acceptors (Lipinski definition) is 8. The number of carbonyl (C=O) groups is 4. The maximum atomic E-state index is 12.7. The Hall–Kier alpha value is -3.01. The Morgan fingerprint density at radius 1 is 1.21 bits per heavy atom. The number of carboxylic acids is 1. The van der Waals surface area contributed by atoms with Crippen molar-refractivity contribution in [2.24, 2.45) is 0 Å². The third kappa shape index (κ3) is 4.37. The van der Waals surface area contributed by atoms with Crippen LogP contribution in [0.25, 0.3) is 0 Å². The molecular formula is C19H21NO8S. The summed E-state index contributed by atoms with van der Waals surface area (Å²) in [5.41, 5.74) is 0.169. The highest BCUT2D eigenvalue weighted by atomic mass is 32.2. The maximum Gasteiger partial charge on any atom is 0.327 e. The second kappa shape index (κ2) is 8.99. The molecule has 3 N–H and O–H groups in total. The van der Waals surface area contributed by atoms with Crippen molar-refractivity contribution < 1.29 is 38.9 Å². The predicted octanol–water partition coefficient (Wildman–Crippen LogP) is 1.52. The van der Waals surface area contributed by atoms with Crippen molar-refractivity contribution in [3.8, 4) is 11.5 Å². The summed E-state index contributed by atoms with van der Waals surface area (Å²) in [4.78, 5) is 47.6. The van der Waals surface area contributed by atoms with Crippen molar-refractivity contribution in [1.29, 1.82) is 0 Å². The van der Waals surface area contributed by atoms with Gasteiger partial charge in [0.1, 0.15) is 17.5 Å². The van der Waals surface area contributed by atoms with E-state index in [1.807, 2.05) is 0 Å². The molecule has 10 heteroatoms. The Morgan fingerprint density at radius 3 is 2.38 bits per heavy atom. The average Bonchev–Trinajstić information content (AvgIpc) is 2.66. The van der Waals surface area contributed by atoms with Crippen molar-refractivity contribution in [3.05, 3.63) is 34.1 Å². The lowest BCUT2D eigenvalue weighted by atomic mass is 9.86. The third-order valence-corrected chi connectivity index (χ3v) is 5.42. The van der Waals surface area contributed by atoms with Crippen LogP contribution in [0.15, 0.2) is 17.4 Å². The molecule has 0 heterocycles. The highest BCUT2D eigenvalue weighted by Crippen LogP contribution is 2.41. The summed E-state index contributed by atoms with van der Waals surface area (Å²) in [6.45, 7) is 2.65. The Labute approximate surface area is 171 Å². The molecule has 0 aromatic heterocycles. The van der Waals surface area contributed by atoms with Crippen molar-refractivity contribution >= 4 is 35.2 Å². The lowest BCUT2D eigenvalue weighted by Crippen LogP contribution is -2.41. The predicted molar refractivity (Wildman–Crippen MR) is 104 cm³/mol. The van der Waals surface area contributed by atoms with Gasteiger partial charge in [0.15, 0.2) is 11.5 Å². The van der Waals surface area contributed by atoms with E-state index in [4.69, 9.17) is 9.47 Å². The highest BCUT2D eigenvalue weighted by molar-refractivity contribution is 7.98. The fourth-order valence-electron chi connectivity index (χ4n) is 2.94. The van der Waals surface area contributed by atoms with Gasteiger partial charge in [0.05, 0.1) is 19.8 Å². The SMILES string of the molecule is COC1=C(C)C(=O)c2c(cc(OC)c(CSC[C@@H](NC(C)=O)C(=O)O)c2O)C1=O. The maximum absolute atomic E-state index is 12.7. The van der Waals surface area contributed by atoms with Crippen LogP contribution >= 0.6 is 11.8 Å². The molecule has 1 amide bonds. The standard InChI is InChI=1S/C19H21NO8S/c1-8-15(22)14-10(17(24)18(8)28-4)5-13(27-3)11(16(14)23)6-29-7-12(19(25)26)20-9(2)21/h5,12,23H,6-7H2,1-4H3,(H,20,21)(H,25,26)/t12-/m1/s1. The molecule has 9 nitrogen and oxygen atoms in total. The van der Waals surface area contributed by atoms with Gasteiger partial charge in [0, 0.05) is 35.1 Å². The number of Topliss-reactive ketones (excluding diaryl/α,β-unsaturated/α-hetero) is 2. The monoisotopic (exact) mass is 423 g/mol. The molecule has 0 radical (unpaired) electrons. The molecule has 156 valence electrons. The molecule has 29 heavy (non-hydrogen) atoms. The van der Waals surface area contributed by atoms with Crippen LogP contribution in [-0.4, -0.2) is 59.7 Å². The molecule has 1 aromatic rings. The molecular weight excluding hydrogens is 402 g/mol. The number of allylic oxidation sites excluding steroid dienone is 2. The number of methoxy groups -OCH3 is 2. The van der Waals surface area contributed by atoms with Gasteiger partial charge in [-0.1, -0.05) is 0 Å². The second-order valence-corrected chi connectivity index (χ2v) is 7.28. The first kappa shape index (κ1) is 22.3. The summed E-state index contributed by atoms with van der Waals surface area (Å²) in [5.74, 6) is -2.95. The highest BCUT2D eigenvalue weighted by Gasteiger charge is 2.35. The molecule has 1 aliphatic carbocycles. The van der Waals surface area contributed by atoms with E-state index in [-0.39, 0.29) is 45.3 Å². The number of aliphatic carboxylic acids is 1. The molecule has 0 unspecified atom stereocenters. The number of thioether (sulfide) groups is 1. The third-order valence-electron chi connectivity index (χ3n) is 4.35. The summed E-state index contributed by atoms with van der Waals surface area (Å²) < 4.78 is 10.3. The zero-order chi connectivity index (χ0) is 21.9.